The van der Waals surface area contributed by atoms with Crippen LogP contribution < -0.4 is 5.32 Å². The number of hydrogen-bond acceptors (Lipinski definition) is 5. The van der Waals surface area contributed by atoms with Gasteiger partial charge in [-0.1, -0.05) is 24.3 Å². The maximum absolute atomic E-state index is 12.4. The molecular weight excluding hydrogens is 354 g/mol. The summed E-state index contributed by atoms with van der Waals surface area (Å²) in [5.74, 6) is 0.336. The highest BCUT2D eigenvalue weighted by Crippen LogP contribution is 2.40. The molecule has 7 nitrogen and oxygen atoms in total. The van der Waals surface area contributed by atoms with Gasteiger partial charge in [-0.2, -0.15) is 20.0 Å². The molecule has 1 N–H and O–H groups in total. The Hall–Kier alpha value is -3.92. The van der Waals surface area contributed by atoms with Crippen LogP contribution in [0.25, 0.3) is 17.1 Å². The highest BCUT2D eigenvalue weighted by molar-refractivity contribution is 5.95. The Kier molecular flexibility index (Phi) is 3.52. The van der Waals surface area contributed by atoms with Gasteiger partial charge in [-0.05, 0) is 36.8 Å². The number of nitrogens with zero attached hydrogens (tertiary/aromatic N) is 4. The number of oxazole rings is 1. The van der Waals surface area contributed by atoms with Crippen LogP contribution in [0.2, 0.25) is 0 Å². The van der Waals surface area contributed by atoms with Crippen molar-refractivity contribution < 1.29 is 9.21 Å². The number of para-hydroxylation sites is 2. The van der Waals surface area contributed by atoms with E-state index in [1.54, 1.807) is 16.8 Å². The molecule has 0 radical (unpaired) electrons. The van der Waals surface area contributed by atoms with Crippen molar-refractivity contribution in [3.8, 4) is 12.1 Å². The predicted molar refractivity (Wildman–Crippen MR) is 102 cm³/mol. The van der Waals surface area contributed by atoms with E-state index in [1.165, 1.54) is 0 Å². The summed E-state index contributed by atoms with van der Waals surface area (Å²) in [6.07, 6.45) is 0.318. The minimum Gasteiger partial charge on any atom is -0.422 e. The molecular formula is C21H15N5O2. The minimum absolute atomic E-state index is 0.0980. The van der Waals surface area contributed by atoms with Gasteiger partial charge in [0.05, 0.1) is 17.3 Å². The van der Waals surface area contributed by atoms with Gasteiger partial charge in [0.25, 0.3) is 0 Å². The van der Waals surface area contributed by atoms with Crippen molar-refractivity contribution >= 4 is 22.8 Å². The van der Waals surface area contributed by atoms with Crippen LogP contribution >= 0.6 is 0 Å². The fraction of sp³-hybridized carbons (Fsp3) is 0.143. The fourth-order valence-corrected chi connectivity index (χ4v) is 3.71. The first kappa shape index (κ1) is 16.3. The number of nitriles is 1. The number of aromatic nitrogens is 3. The van der Waals surface area contributed by atoms with Crippen LogP contribution in [-0.4, -0.2) is 20.7 Å². The molecule has 1 amide bonds. The van der Waals surface area contributed by atoms with Gasteiger partial charge in [0.1, 0.15) is 11.3 Å². The molecule has 2 aromatic carbocycles. The second kappa shape index (κ2) is 6.06. The molecule has 1 aliphatic heterocycles. The zero-order chi connectivity index (χ0) is 19.3. The van der Waals surface area contributed by atoms with Gasteiger partial charge in [0.2, 0.25) is 5.91 Å². The van der Waals surface area contributed by atoms with E-state index in [9.17, 15) is 4.79 Å². The van der Waals surface area contributed by atoms with Crippen LogP contribution in [0.15, 0.2) is 52.9 Å². The van der Waals surface area contributed by atoms with Crippen molar-refractivity contribution in [1.29, 1.82) is 5.26 Å². The van der Waals surface area contributed by atoms with Crippen LogP contribution in [0.4, 0.5) is 5.82 Å². The molecule has 3 heterocycles. The van der Waals surface area contributed by atoms with Crippen LogP contribution in [-0.2, 0) is 4.79 Å². The van der Waals surface area contributed by atoms with Crippen molar-refractivity contribution in [3.63, 3.8) is 0 Å². The first-order valence-electron chi connectivity index (χ1n) is 8.89. The fourth-order valence-electron chi connectivity index (χ4n) is 3.71. The highest BCUT2D eigenvalue weighted by atomic mass is 16.4. The summed E-state index contributed by atoms with van der Waals surface area (Å²) in [5, 5.41) is 16.5. The third-order valence-electron chi connectivity index (χ3n) is 5.01. The molecule has 1 aliphatic rings. The third kappa shape index (κ3) is 2.47. The second-order valence-corrected chi connectivity index (χ2v) is 6.76. The minimum atomic E-state index is -0.144. The lowest BCUT2D eigenvalue weighted by Crippen LogP contribution is -2.25. The lowest BCUT2D eigenvalue weighted by atomic mass is 9.85. The number of nitrogens with one attached hydrogen (secondary N) is 1. The van der Waals surface area contributed by atoms with E-state index in [4.69, 9.17) is 9.68 Å². The van der Waals surface area contributed by atoms with Gasteiger partial charge in [0, 0.05) is 17.9 Å². The summed E-state index contributed by atoms with van der Waals surface area (Å²) in [7, 11) is 0. The normalized spacial score (nSPS) is 15.9. The quantitative estimate of drug-likeness (QED) is 0.581. The lowest BCUT2D eigenvalue weighted by molar-refractivity contribution is -0.116. The van der Waals surface area contributed by atoms with E-state index >= 15 is 0 Å². The molecule has 0 aliphatic carbocycles. The summed E-state index contributed by atoms with van der Waals surface area (Å²) < 4.78 is 7.40. The third-order valence-corrected chi connectivity index (χ3v) is 5.01. The predicted octanol–water partition coefficient (Wildman–Crippen LogP) is 3.67. The molecule has 0 unspecified atom stereocenters. The number of benzene rings is 2. The number of carbonyl (C=O) groups excluding carboxylic acids is 1. The first-order valence-corrected chi connectivity index (χ1v) is 8.89. The van der Waals surface area contributed by atoms with E-state index in [0.717, 1.165) is 22.3 Å². The van der Waals surface area contributed by atoms with Gasteiger partial charge in [0.15, 0.2) is 5.58 Å². The molecule has 136 valence electrons. The van der Waals surface area contributed by atoms with Crippen molar-refractivity contribution in [2.24, 2.45) is 0 Å². The Morgan fingerprint density at radius 3 is 2.75 bits per heavy atom. The summed E-state index contributed by atoms with van der Waals surface area (Å²) >= 11 is 0. The Balaban J connectivity index is 1.65. The largest absolute Gasteiger partial charge is 0.422 e. The summed E-state index contributed by atoms with van der Waals surface area (Å²) in [4.78, 5) is 16.9. The topological polar surface area (TPSA) is 96.7 Å². The Labute approximate surface area is 160 Å². The number of carbonyl (C=O) groups is 1. The van der Waals surface area contributed by atoms with Gasteiger partial charge in [-0.15, -0.1) is 0 Å². The van der Waals surface area contributed by atoms with Gasteiger partial charge >= 0.3 is 6.01 Å². The van der Waals surface area contributed by atoms with Crippen molar-refractivity contribution in [2.75, 3.05) is 5.32 Å². The maximum Gasteiger partial charge on any atom is 0.325 e. The SMILES string of the molecule is Cc1nn(-c2nc3ccccc3o2)c2c1[C@H](c1ccc(C#N)cc1)CC(=O)N2. The number of hydrogen-bond donors (Lipinski definition) is 1. The molecule has 0 bridgehead atoms. The smallest absolute Gasteiger partial charge is 0.325 e. The van der Waals surface area contributed by atoms with Crippen LogP contribution in [0.1, 0.15) is 34.7 Å². The molecule has 0 spiro atoms. The van der Waals surface area contributed by atoms with Crippen molar-refractivity contribution in [2.45, 2.75) is 19.3 Å². The monoisotopic (exact) mass is 369 g/mol. The van der Waals surface area contributed by atoms with Crippen LogP contribution in [0.3, 0.4) is 0 Å². The molecule has 0 fully saturated rings. The Bertz CT molecular complexity index is 1230. The van der Waals surface area contributed by atoms with Crippen LogP contribution in [0, 0.1) is 18.3 Å². The number of amides is 1. The average Bonchev–Trinajstić information content (AvgIpc) is 3.28. The summed E-state index contributed by atoms with van der Waals surface area (Å²) in [6.45, 7) is 1.91. The van der Waals surface area contributed by atoms with Gasteiger partial charge in [-0.25, -0.2) is 0 Å². The maximum atomic E-state index is 12.4. The summed E-state index contributed by atoms with van der Waals surface area (Å²) in [6, 6.07) is 17.2. The van der Waals surface area contributed by atoms with Crippen LogP contribution in [0.5, 0.6) is 0 Å². The number of anilines is 1. The van der Waals surface area contributed by atoms with E-state index in [-0.39, 0.29) is 11.8 Å². The highest BCUT2D eigenvalue weighted by Gasteiger charge is 2.33. The molecule has 2 aromatic heterocycles. The zero-order valence-corrected chi connectivity index (χ0v) is 15.0. The Morgan fingerprint density at radius 2 is 2.00 bits per heavy atom. The summed E-state index contributed by atoms with van der Waals surface area (Å²) in [5.41, 5.74) is 4.67. The molecule has 7 heteroatoms. The van der Waals surface area contributed by atoms with Gasteiger partial charge < -0.3 is 9.73 Å². The first-order chi connectivity index (χ1) is 13.6. The molecule has 28 heavy (non-hydrogen) atoms. The number of fused-ring (bicyclic) bond motifs is 2. The standard InChI is InChI=1S/C21H15N5O2/c1-12-19-15(14-8-6-13(11-22)7-9-14)10-18(27)24-20(19)26(25-12)21-23-16-4-2-3-5-17(16)28-21/h2-9,15H,10H2,1H3,(H,24,27)/t15-/m0/s1. The molecule has 4 aromatic rings. The van der Waals surface area contributed by atoms with Crippen molar-refractivity contribution in [1.82, 2.24) is 14.8 Å². The number of rotatable bonds is 2. The Morgan fingerprint density at radius 1 is 1.21 bits per heavy atom. The second-order valence-electron chi connectivity index (χ2n) is 6.76. The van der Waals surface area contributed by atoms with E-state index in [1.807, 2.05) is 43.3 Å². The van der Waals surface area contributed by atoms with Gasteiger partial charge in [-0.3, -0.25) is 4.79 Å². The van der Waals surface area contributed by atoms with E-state index < -0.39 is 0 Å². The zero-order valence-electron chi connectivity index (χ0n) is 15.0. The van der Waals surface area contributed by atoms with E-state index in [0.29, 0.717) is 29.4 Å². The average molecular weight is 369 g/mol. The molecule has 1 atom stereocenters. The molecule has 0 saturated heterocycles. The lowest BCUT2D eigenvalue weighted by Gasteiger charge is -2.24. The van der Waals surface area contributed by atoms with E-state index in [2.05, 4.69) is 21.5 Å². The van der Waals surface area contributed by atoms with Crippen molar-refractivity contribution in [3.05, 3.63) is 70.9 Å². The molecule has 0 saturated carbocycles. The molecule has 5 rings (SSSR count). The number of aryl methyl sites for hydroxylation is 1.